The van der Waals surface area contributed by atoms with E-state index in [1.165, 1.54) is 37.5 Å². The summed E-state index contributed by atoms with van der Waals surface area (Å²) in [5, 5.41) is 57.9. The van der Waals surface area contributed by atoms with E-state index in [1.807, 2.05) is 0 Å². The SMILES string of the molecule is C.CC(O)CN(CC(C)O)C(=O)OCCOCCOC(=O)N(CC(C)O)CC(C)O.CC(O)CNCC(C)O.O=C(Cl)OCCOCCOC(=O)Cl. The molecule has 0 radical (unpaired) electrons. The average molecular weight is 805 g/mol. The van der Waals surface area contributed by atoms with E-state index in [0.29, 0.717) is 13.1 Å². The molecule has 0 rings (SSSR count). The fraction of sp³-hybridized carbons (Fsp3) is 0.871. The van der Waals surface area contributed by atoms with Gasteiger partial charge in [-0.15, -0.1) is 0 Å². The summed E-state index contributed by atoms with van der Waals surface area (Å²) in [6.07, 6.45) is -5.03. The van der Waals surface area contributed by atoms with Crippen molar-refractivity contribution < 1.29 is 78.2 Å². The lowest BCUT2D eigenvalue weighted by atomic mass is 10.3. The Labute approximate surface area is 316 Å². The maximum atomic E-state index is 12.0. The molecular weight excluding hydrogens is 741 g/mol. The summed E-state index contributed by atoms with van der Waals surface area (Å²) >= 11 is 9.71. The Morgan fingerprint density at radius 2 is 0.731 bits per heavy atom. The van der Waals surface area contributed by atoms with Crippen LogP contribution in [-0.2, 0) is 28.4 Å². The van der Waals surface area contributed by atoms with E-state index in [2.05, 4.69) is 14.8 Å². The Bertz CT molecular complexity index is 801. The highest BCUT2D eigenvalue weighted by molar-refractivity contribution is 6.61. The minimum atomic E-state index is -0.879. The molecule has 0 aliphatic rings. The number of nitrogens with one attached hydrogen (secondary N) is 1. The van der Waals surface area contributed by atoms with Crippen molar-refractivity contribution >= 4 is 46.2 Å². The van der Waals surface area contributed by atoms with Crippen molar-refractivity contribution in [3.63, 3.8) is 0 Å². The van der Waals surface area contributed by atoms with Gasteiger partial charge in [0.1, 0.15) is 26.4 Å². The van der Waals surface area contributed by atoms with Crippen molar-refractivity contribution in [1.29, 1.82) is 0 Å². The zero-order valence-electron chi connectivity index (χ0n) is 30.3. The minimum Gasteiger partial charge on any atom is -0.451 e. The van der Waals surface area contributed by atoms with Gasteiger partial charge in [0.2, 0.25) is 0 Å². The van der Waals surface area contributed by atoms with Gasteiger partial charge in [0.15, 0.2) is 0 Å². The molecule has 0 saturated heterocycles. The van der Waals surface area contributed by atoms with Gasteiger partial charge >= 0.3 is 23.0 Å². The maximum Gasteiger partial charge on any atom is 0.410 e. The van der Waals surface area contributed by atoms with E-state index in [9.17, 15) is 39.6 Å². The lowest BCUT2D eigenvalue weighted by molar-refractivity contribution is 0.0154. The first-order valence-corrected chi connectivity index (χ1v) is 17.0. The molecule has 0 aliphatic heterocycles. The molecule has 6 unspecified atom stereocenters. The zero-order valence-corrected chi connectivity index (χ0v) is 31.8. The van der Waals surface area contributed by atoms with Crippen molar-refractivity contribution in [2.24, 2.45) is 0 Å². The third-order valence-corrected chi connectivity index (χ3v) is 5.35. The normalized spacial score (nSPS) is 13.8. The number of carbonyl (C=O) groups excluding carboxylic acids is 4. The molecule has 0 fully saturated rings. The molecule has 0 spiro atoms. The molecule has 52 heavy (non-hydrogen) atoms. The molecular formula is C31H63Cl2N3O16. The van der Waals surface area contributed by atoms with E-state index < -0.39 is 47.5 Å². The van der Waals surface area contributed by atoms with Gasteiger partial charge in [-0.1, -0.05) is 7.43 Å². The Balaban J connectivity index is -0.000000411. The third kappa shape index (κ3) is 45.7. The molecule has 2 amide bonds. The molecule has 0 bridgehead atoms. The quantitative estimate of drug-likeness (QED) is 0.0410. The van der Waals surface area contributed by atoms with Crippen molar-refractivity contribution in [1.82, 2.24) is 15.1 Å². The van der Waals surface area contributed by atoms with Gasteiger partial charge in [-0.3, -0.25) is 0 Å². The van der Waals surface area contributed by atoms with Crippen molar-refractivity contribution in [3.05, 3.63) is 0 Å². The van der Waals surface area contributed by atoms with Crippen molar-refractivity contribution in [3.8, 4) is 0 Å². The summed E-state index contributed by atoms with van der Waals surface area (Å²) in [4.78, 5) is 46.4. The topological polar surface area (TPSA) is 264 Å². The van der Waals surface area contributed by atoms with E-state index >= 15 is 0 Å². The van der Waals surface area contributed by atoms with Crippen LogP contribution in [0, 0.1) is 0 Å². The molecule has 0 aromatic heterocycles. The molecule has 6 atom stereocenters. The van der Waals surface area contributed by atoms with Crippen LogP contribution in [0.3, 0.4) is 0 Å². The molecule has 0 aromatic rings. The zero-order chi connectivity index (χ0) is 39.8. The monoisotopic (exact) mass is 803 g/mol. The summed E-state index contributed by atoms with van der Waals surface area (Å²) in [7, 11) is 0. The van der Waals surface area contributed by atoms with Crippen LogP contribution in [0.1, 0.15) is 49.0 Å². The molecule has 0 saturated carbocycles. The summed E-state index contributed by atoms with van der Waals surface area (Å²) in [6.45, 7) is 11.3. The van der Waals surface area contributed by atoms with Gasteiger partial charge in [-0.25, -0.2) is 19.2 Å². The lowest BCUT2D eigenvalue weighted by Gasteiger charge is -2.25. The van der Waals surface area contributed by atoms with Crippen LogP contribution in [0.4, 0.5) is 19.2 Å². The molecule has 7 N–H and O–H groups in total. The first-order chi connectivity index (χ1) is 23.8. The van der Waals surface area contributed by atoms with Crippen LogP contribution < -0.4 is 5.32 Å². The number of carbonyl (C=O) groups is 4. The molecule has 21 heteroatoms. The third-order valence-electron chi connectivity index (χ3n) is 5.13. The highest BCUT2D eigenvalue weighted by Crippen LogP contribution is 2.01. The van der Waals surface area contributed by atoms with E-state index in [4.69, 9.17) is 52.4 Å². The Hall–Kier alpha value is -2.30. The van der Waals surface area contributed by atoms with Gasteiger partial charge in [0.05, 0.1) is 63.1 Å². The predicted octanol–water partition coefficient (Wildman–Crippen LogP) is 1.13. The minimum absolute atomic E-state index is 0. The van der Waals surface area contributed by atoms with Crippen LogP contribution in [0.2, 0.25) is 0 Å². The van der Waals surface area contributed by atoms with Crippen LogP contribution in [-0.4, -0.2) is 192 Å². The Morgan fingerprint density at radius 3 is 0.942 bits per heavy atom. The van der Waals surface area contributed by atoms with Gasteiger partial charge < -0.3 is 74.2 Å². The van der Waals surface area contributed by atoms with Crippen molar-refractivity contribution in [2.45, 2.75) is 85.6 Å². The Morgan fingerprint density at radius 1 is 0.481 bits per heavy atom. The van der Waals surface area contributed by atoms with Crippen LogP contribution in [0.15, 0.2) is 0 Å². The average Bonchev–Trinajstić information content (AvgIpc) is 2.98. The van der Waals surface area contributed by atoms with Crippen LogP contribution in [0.25, 0.3) is 0 Å². The van der Waals surface area contributed by atoms with Gasteiger partial charge in [0.25, 0.3) is 0 Å². The lowest BCUT2D eigenvalue weighted by Crippen LogP contribution is -2.41. The van der Waals surface area contributed by atoms with E-state index in [1.54, 1.807) is 13.8 Å². The number of halogens is 2. The summed E-state index contributed by atoms with van der Waals surface area (Å²) in [5.41, 5.74) is -1.76. The number of hydrogen-bond donors (Lipinski definition) is 7. The molecule has 0 aliphatic carbocycles. The van der Waals surface area contributed by atoms with Crippen LogP contribution in [0.5, 0.6) is 0 Å². The van der Waals surface area contributed by atoms with Gasteiger partial charge in [0, 0.05) is 62.5 Å². The first kappa shape index (κ1) is 56.4. The number of hydrogen-bond acceptors (Lipinski definition) is 17. The largest absolute Gasteiger partial charge is 0.451 e. The predicted molar refractivity (Wildman–Crippen MR) is 192 cm³/mol. The fourth-order valence-electron chi connectivity index (χ4n) is 3.35. The number of amides is 2. The number of aliphatic hydroxyl groups excluding tert-OH is 6. The molecule has 0 aromatic carbocycles. The van der Waals surface area contributed by atoms with Crippen LogP contribution >= 0.6 is 23.2 Å². The second-order valence-corrected chi connectivity index (χ2v) is 11.8. The maximum absolute atomic E-state index is 12.0. The molecule has 19 nitrogen and oxygen atoms in total. The van der Waals surface area contributed by atoms with Gasteiger partial charge in [-0.2, -0.15) is 0 Å². The number of rotatable bonds is 24. The highest BCUT2D eigenvalue weighted by Gasteiger charge is 2.20. The summed E-state index contributed by atoms with van der Waals surface area (Å²) < 4.78 is 28.8. The number of ether oxygens (including phenoxy) is 6. The summed E-state index contributed by atoms with van der Waals surface area (Å²) in [5.74, 6) is 0. The van der Waals surface area contributed by atoms with E-state index in [0.717, 1.165) is 0 Å². The van der Waals surface area contributed by atoms with Gasteiger partial charge in [-0.05, 0) is 41.5 Å². The summed E-state index contributed by atoms with van der Waals surface area (Å²) in [6, 6.07) is 0. The molecule has 0 heterocycles. The van der Waals surface area contributed by atoms with Crippen molar-refractivity contribution in [2.75, 3.05) is 92.1 Å². The first-order valence-electron chi connectivity index (χ1n) is 16.2. The standard InChI is InChI=1S/C18H36N2O9.C6H8Cl2O5.C6H15NO2.CH4/c1-13(21)9-19(10-14(2)22)17(25)28-7-5-27-6-8-29-18(26)20(11-15(3)23)12-16(4)24;7-5(9)12-3-1-11-2-4-13-6(8)10;1-5(8)3-7-4-6(2)9;/h13-16,21-24H,5-12H2,1-4H3;1-4H2;5-9H,3-4H2,1-2H3;1H4. The highest BCUT2D eigenvalue weighted by atomic mass is 35.5. The number of nitrogens with zero attached hydrogens (tertiary/aromatic N) is 2. The van der Waals surface area contributed by atoms with E-state index in [-0.39, 0.29) is 98.7 Å². The molecule has 312 valence electrons. The second kappa shape index (κ2) is 37.0. The number of aliphatic hydroxyl groups is 6. The fourth-order valence-corrected chi connectivity index (χ4v) is 3.50. The Kier molecular flexibility index (Phi) is 40.2. The second-order valence-electron chi connectivity index (χ2n) is 11.2. The smallest absolute Gasteiger partial charge is 0.410 e.